The highest BCUT2D eigenvalue weighted by Gasteiger charge is 2.24. The first kappa shape index (κ1) is 17.7. The number of hydrogen-bond donors (Lipinski definition) is 0. The van der Waals surface area contributed by atoms with Crippen LogP contribution in [0.4, 0.5) is 4.79 Å². The minimum atomic E-state index is -0.324. The normalized spacial score (nSPS) is 15.0. The fraction of sp³-hybridized carbons (Fsp3) is 0.529. The summed E-state index contributed by atoms with van der Waals surface area (Å²) in [5, 5.41) is 0.550. The van der Waals surface area contributed by atoms with Crippen LogP contribution in [0.3, 0.4) is 0 Å². The number of amides is 2. The van der Waals surface area contributed by atoms with Gasteiger partial charge in [-0.15, -0.1) is 11.8 Å². The molecule has 6 heteroatoms. The van der Waals surface area contributed by atoms with Crippen LogP contribution in [0.1, 0.15) is 19.4 Å². The van der Waals surface area contributed by atoms with Crippen LogP contribution in [0, 0.1) is 0 Å². The summed E-state index contributed by atoms with van der Waals surface area (Å²) in [4.78, 5) is 28.5. The Morgan fingerprint density at radius 2 is 1.65 bits per heavy atom. The summed E-state index contributed by atoms with van der Waals surface area (Å²) >= 11 is 1.81. The fourth-order valence-corrected chi connectivity index (χ4v) is 3.35. The predicted octanol–water partition coefficient (Wildman–Crippen LogP) is 2.64. The van der Waals surface area contributed by atoms with Crippen molar-refractivity contribution in [3.63, 3.8) is 0 Å². The Morgan fingerprint density at radius 3 is 2.17 bits per heavy atom. The first-order valence-corrected chi connectivity index (χ1v) is 8.74. The van der Waals surface area contributed by atoms with Gasteiger partial charge in [-0.2, -0.15) is 0 Å². The minimum Gasteiger partial charge on any atom is -0.453 e. The van der Waals surface area contributed by atoms with Crippen LogP contribution >= 0.6 is 11.8 Å². The molecule has 0 N–H and O–H groups in total. The third kappa shape index (κ3) is 5.16. The van der Waals surface area contributed by atoms with E-state index in [-0.39, 0.29) is 12.0 Å². The molecule has 1 aromatic carbocycles. The molecule has 1 aliphatic rings. The van der Waals surface area contributed by atoms with Gasteiger partial charge in [0.05, 0.1) is 13.5 Å². The average molecular weight is 336 g/mol. The Labute approximate surface area is 142 Å². The summed E-state index contributed by atoms with van der Waals surface area (Å²) in [7, 11) is 1.38. The lowest BCUT2D eigenvalue weighted by atomic mass is 10.1. The number of methoxy groups -OCH3 is 1. The third-order valence-corrected chi connectivity index (χ3v) is 4.73. The summed E-state index contributed by atoms with van der Waals surface area (Å²) in [6, 6.07) is 8.19. The van der Waals surface area contributed by atoms with E-state index in [2.05, 4.69) is 26.0 Å². The maximum Gasteiger partial charge on any atom is 0.409 e. The minimum absolute atomic E-state index is 0.110. The van der Waals surface area contributed by atoms with Crippen LogP contribution < -0.4 is 0 Å². The summed E-state index contributed by atoms with van der Waals surface area (Å²) < 4.78 is 4.70. The summed E-state index contributed by atoms with van der Waals surface area (Å²) in [5.74, 6) is 0.110. The molecule has 2 amide bonds. The van der Waals surface area contributed by atoms with E-state index >= 15 is 0 Å². The van der Waals surface area contributed by atoms with E-state index < -0.39 is 0 Å². The molecule has 0 bridgehead atoms. The van der Waals surface area contributed by atoms with Crippen molar-refractivity contribution in [1.29, 1.82) is 0 Å². The van der Waals surface area contributed by atoms with E-state index in [4.69, 9.17) is 4.74 Å². The lowest BCUT2D eigenvalue weighted by molar-refractivity contribution is -0.132. The lowest BCUT2D eigenvalue weighted by Crippen LogP contribution is -2.50. The molecule has 0 radical (unpaired) electrons. The van der Waals surface area contributed by atoms with Crippen molar-refractivity contribution in [1.82, 2.24) is 9.80 Å². The summed E-state index contributed by atoms with van der Waals surface area (Å²) in [5.41, 5.74) is 1.03. The second kappa shape index (κ2) is 8.24. The van der Waals surface area contributed by atoms with Crippen molar-refractivity contribution in [3.8, 4) is 0 Å². The van der Waals surface area contributed by atoms with Gasteiger partial charge in [-0.1, -0.05) is 26.0 Å². The van der Waals surface area contributed by atoms with Crippen LogP contribution in [0.15, 0.2) is 29.2 Å². The Morgan fingerprint density at radius 1 is 1.09 bits per heavy atom. The van der Waals surface area contributed by atoms with Crippen LogP contribution in [0.2, 0.25) is 0 Å². The van der Waals surface area contributed by atoms with Gasteiger partial charge in [-0.05, 0) is 17.7 Å². The Balaban J connectivity index is 1.84. The molecule has 126 valence electrons. The largest absolute Gasteiger partial charge is 0.453 e. The molecule has 1 heterocycles. The summed E-state index contributed by atoms with van der Waals surface area (Å²) in [6.07, 6.45) is 0.0838. The highest BCUT2D eigenvalue weighted by Crippen LogP contribution is 2.23. The van der Waals surface area contributed by atoms with E-state index in [0.29, 0.717) is 37.8 Å². The van der Waals surface area contributed by atoms with Crippen molar-refractivity contribution in [2.75, 3.05) is 33.3 Å². The van der Waals surface area contributed by atoms with Gasteiger partial charge in [0, 0.05) is 36.3 Å². The topological polar surface area (TPSA) is 49.9 Å². The summed E-state index contributed by atoms with van der Waals surface area (Å²) in [6.45, 7) is 6.52. The van der Waals surface area contributed by atoms with Crippen LogP contribution in [0.25, 0.3) is 0 Å². The second-order valence-corrected chi connectivity index (χ2v) is 7.48. The molecule has 2 rings (SSSR count). The molecule has 0 spiro atoms. The molecule has 0 atom stereocenters. The van der Waals surface area contributed by atoms with E-state index in [0.717, 1.165) is 5.56 Å². The molecule has 0 saturated carbocycles. The number of thioether (sulfide) groups is 1. The van der Waals surface area contributed by atoms with Gasteiger partial charge in [-0.3, -0.25) is 4.79 Å². The molecule has 0 aromatic heterocycles. The molecule has 1 aliphatic heterocycles. The van der Waals surface area contributed by atoms with Gasteiger partial charge in [-0.25, -0.2) is 4.79 Å². The Kier molecular flexibility index (Phi) is 6.33. The van der Waals surface area contributed by atoms with E-state index in [1.807, 2.05) is 28.8 Å². The van der Waals surface area contributed by atoms with Crippen LogP contribution in [-0.4, -0.2) is 60.3 Å². The van der Waals surface area contributed by atoms with Crippen molar-refractivity contribution in [2.45, 2.75) is 30.4 Å². The van der Waals surface area contributed by atoms with Gasteiger partial charge in [0.2, 0.25) is 5.91 Å². The van der Waals surface area contributed by atoms with Crippen molar-refractivity contribution in [3.05, 3.63) is 29.8 Å². The molecule has 1 fully saturated rings. The van der Waals surface area contributed by atoms with Gasteiger partial charge in [0.15, 0.2) is 0 Å². The SMILES string of the molecule is COC(=O)N1CCN(C(=O)Cc2ccc(SC(C)C)cc2)CC1. The zero-order chi connectivity index (χ0) is 16.8. The van der Waals surface area contributed by atoms with E-state index in [1.165, 1.54) is 12.0 Å². The molecule has 5 nitrogen and oxygen atoms in total. The Hall–Kier alpha value is -1.69. The van der Waals surface area contributed by atoms with Gasteiger partial charge in [0.1, 0.15) is 0 Å². The fourth-order valence-electron chi connectivity index (χ4n) is 2.51. The molecule has 0 aliphatic carbocycles. The maximum absolute atomic E-state index is 12.4. The monoisotopic (exact) mass is 336 g/mol. The number of rotatable bonds is 4. The van der Waals surface area contributed by atoms with E-state index in [9.17, 15) is 9.59 Å². The van der Waals surface area contributed by atoms with Crippen molar-refractivity contribution in [2.24, 2.45) is 0 Å². The highest BCUT2D eigenvalue weighted by atomic mass is 32.2. The molecule has 1 aromatic rings. The predicted molar refractivity (Wildman–Crippen MR) is 91.7 cm³/mol. The molecule has 0 unspecified atom stereocenters. The quantitative estimate of drug-likeness (QED) is 0.793. The average Bonchev–Trinajstić information content (AvgIpc) is 2.55. The first-order valence-electron chi connectivity index (χ1n) is 7.86. The van der Waals surface area contributed by atoms with Gasteiger partial charge < -0.3 is 14.5 Å². The third-order valence-electron chi connectivity index (χ3n) is 3.72. The first-order chi connectivity index (χ1) is 11.0. The number of piperazine rings is 1. The number of hydrogen-bond acceptors (Lipinski definition) is 4. The molecule has 1 saturated heterocycles. The number of nitrogens with zero attached hydrogens (tertiary/aromatic N) is 2. The Bertz CT molecular complexity index is 537. The molecular formula is C17H24N2O3S. The molecular weight excluding hydrogens is 312 g/mol. The van der Waals surface area contributed by atoms with Crippen LogP contribution in [-0.2, 0) is 16.0 Å². The zero-order valence-electron chi connectivity index (χ0n) is 13.9. The maximum atomic E-state index is 12.4. The number of benzene rings is 1. The van der Waals surface area contributed by atoms with Crippen LogP contribution in [0.5, 0.6) is 0 Å². The van der Waals surface area contributed by atoms with E-state index in [1.54, 1.807) is 4.90 Å². The highest BCUT2D eigenvalue weighted by molar-refractivity contribution is 7.99. The number of ether oxygens (including phenoxy) is 1. The standard InChI is InChI=1S/C17H24N2O3S/c1-13(2)23-15-6-4-14(5-7-15)12-16(20)18-8-10-19(11-9-18)17(21)22-3/h4-7,13H,8-12H2,1-3H3. The van der Waals surface area contributed by atoms with Gasteiger partial charge >= 0.3 is 6.09 Å². The zero-order valence-corrected chi connectivity index (χ0v) is 14.8. The van der Waals surface area contributed by atoms with Crippen molar-refractivity contribution < 1.29 is 14.3 Å². The number of carbonyl (C=O) groups excluding carboxylic acids is 2. The van der Waals surface area contributed by atoms with Crippen molar-refractivity contribution >= 4 is 23.8 Å². The number of carbonyl (C=O) groups is 2. The smallest absolute Gasteiger partial charge is 0.409 e. The molecule has 23 heavy (non-hydrogen) atoms. The van der Waals surface area contributed by atoms with Gasteiger partial charge in [0.25, 0.3) is 0 Å². The second-order valence-electron chi connectivity index (χ2n) is 5.83. The lowest BCUT2D eigenvalue weighted by Gasteiger charge is -2.33.